The highest BCUT2D eigenvalue weighted by atomic mass is 31.1. The van der Waals surface area contributed by atoms with Gasteiger partial charge in [0.15, 0.2) is 11.6 Å². The highest BCUT2D eigenvalue weighted by Gasteiger charge is 2.37. The summed E-state index contributed by atoms with van der Waals surface area (Å²) in [6.07, 6.45) is -7.56. The van der Waals surface area contributed by atoms with Crippen LogP contribution in [0.2, 0.25) is 0 Å². The van der Waals surface area contributed by atoms with E-state index in [2.05, 4.69) is 9.05 Å². The standard InChI is InChI=1S/C22H13F6O7P/c23-21(24,25)15-7-19-11(1-3-32-19)5-13(15)17(29)9-34-36(31)35-10-18(30)14-6-12-2-4-33-20(12)8-16(14)22(26,27)28/h1-8,36H,9-10H2. The van der Waals surface area contributed by atoms with E-state index in [4.69, 9.17) is 8.83 Å². The molecule has 0 saturated heterocycles. The Bertz CT molecular complexity index is 1370. The van der Waals surface area contributed by atoms with E-state index in [9.17, 15) is 40.5 Å². The Morgan fingerprint density at radius 2 is 1.11 bits per heavy atom. The highest BCUT2D eigenvalue weighted by molar-refractivity contribution is 7.33. The number of hydrogen-bond acceptors (Lipinski definition) is 7. The summed E-state index contributed by atoms with van der Waals surface area (Å²) in [5, 5.41) is 0.409. The molecular weight excluding hydrogens is 521 g/mol. The lowest BCUT2D eigenvalue weighted by Gasteiger charge is -2.13. The van der Waals surface area contributed by atoms with E-state index in [0.717, 1.165) is 24.7 Å². The molecule has 0 atom stereocenters. The average molecular weight is 534 g/mol. The van der Waals surface area contributed by atoms with Crippen LogP contribution in [0.25, 0.3) is 21.9 Å². The number of fused-ring (bicyclic) bond motifs is 2. The monoisotopic (exact) mass is 534 g/mol. The molecule has 0 unspecified atom stereocenters. The fourth-order valence-corrected chi connectivity index (χ4v) is 3.98. The number of ketones is 2. The van der Waals surface area contributed by atoms with Gasteiger partial charge in [-0.3, -0.25) is 14.2 Å². The van der Waals surface area contributed by atoms with Crippen LogP contribution < -0.4 is 0 Å². The third-order valence-corrected chi connectivity index (χ3v) is 5.80. The molecule has 7 nitrogen and oxygen atoms in total. The second-order valence-corrected chi connectivity index (χ2v) is 8.46. The summed E-state index contributed by atoms with van der Waals surface area (Å²) in [6, 6.07) is 5.80. The maximum absolute atomic E-state index is 13.4. The Kier molecular flexibility index (Phi) is 6.82. The van der Waals surface area contributed by atoms with Gasteiger partial charge >= 0.3 is 20.6 Å². The van der Waals surface area contributed by atoms with Crippen molar-refractivity contribution < 1.29 is 58.4 Å². The van der Waals surface area contributed by atoms with Crippen molar-refractivity contribution in [1.82, 2.24) is 0 Å². The van der Waals surface area contributed by atoms with Crippen LogP contribution in [-0.4, -0.2) is 24.8 Å². The molecule has 0 N–H and O–H groups in total. The number of Topliss-reactive ketones (excluding diaryl/α,β-unsaturated/α-hetero) is 2. The lowest BCUT2D eigenvalue weighted by molar-refractivity contribution is -0.138. The van der Waals surface area contributed by atoms with Gasteiger partial charge in [0, 0.05) is 21.9 Å². The van der Waals surface area contributed by atoms with E-state index < -0.39 is 67.6 Å². The Morgan fingerprint density at radius 1 is 0.722 bits per heavy atom. The molecule has 0 aliphatic carbocycles. The zero-order valence-corrected chi connectivity index (χ0v) is 18.7. The fourth-order valence-electron chi connectivity index (χ4n) is 3.40. The van der Waals surface area contributed by atoms with E-state index in [1.165, 1.54) is 12.1 Å². The molecule has 190 valence electrons. The molecule has 2 heterocycles. The summed E-state index contributed by atoms with van der Waals surface area (Å²) in [6.45, 7) is -2.21. The topological polar surface area (TPSA) is 96.0 Å². The van der Waals surface area contributed by atoms with Crippen LogP contribution in [0, 0.1) is 0 Å². The molecule has 0 fully saturated rings. The molecule has 0 saturated carbocycles. The molecule has 0 aliphatic heterocycles. The predicted octanol–water partition coefficient (Wildman–Crippen LogP) is 6.71. The predicted molar refractivity (Wildman–Crippen MR) is 112 cm³/mol. The van der Waals surface area contributed by atoms with Gasteiger partial charge in [-0.1, -0.05) is 0 Å². The van der Waals surface area contributed by atoms with Crippen molar-refractivity contribution >= 4 is 41.8 Å². The largest absolute Gasteiger partial charge is 0.464 e. The number of hydrogen-bond donors (Lipinski definition) is 0. The van der Waals surface area contributed by atoms with E-state index in [0.29, 0.717) is 12.1 Å². The van der Waals surface area contributed by atoms with Gasteiger partial charge in [-0.15, -0.1) is 0 Å². The van der Waals surface area contributed by atoms with E-state index in [1.807, 2.05) is 0 Å². The molecule has 4 rings (SSSR count). The Morgan fingerprint density at radius 3 is 1.47 bits per heavy atom. The van der Waals surface area contributed by atoms with Crippen LogP contribution >= 0.6 is 8.25 Å². The Hall–Kier alpha value is -3.41. The molecule has 2 aromatic heterocycles. The highest BCUT2D eigenvalue weighted by Crippen LogP contribution is 2.37. The Labute approximate surface area is 197 Å². The normalized spacial score (nSPS) is 12.6. The van der Waals surface area contributed by atoms with Crippen LogP contribution in [0.3, 0.4) is 0 Å². The third-order valence-electron chi connectivity index (χ3n) is 5.04. The average Bonchev–Trinajstić information content (AvgIpc) is 3.46. The van der Waals surface area contributed by atoms with Crippen LogP contribution in [0.15, 0.2) is 57.8 Å². The van der Waals surface area contributed by atoms with Crippen molar-refractivity contribution in [1.29, 1.82) is 0 Å². The number of halogens is 6. The quantitative estimate of drug-likeness (QED) is 0.141. The number of rotatable bonds is 8. The molecule has 4 aromatic rings. The van der Waals surface area contributed by atoms with Crippen molar-refractivity contribution in [3.8, 4) is 0 Å². The van der Waals surface area contributed by atoms with Crippen molar-refractivity contribution in [2.24, 2.45) is 0 Å². The lowest BCUT2D eigenvalue weighted by Crippen LogP contribution is -2.17. The van der Waals surface area contributed by atoms with E-state index in [-0.39, 0.29) is 21.9 Å². The first kappa shape index (κ1) is 25.7. The van der Waals surface area contributed by atoms with Crippen molar-refractivity contribution in [2.45, 2.75) is 12.4 Å². The molecule has 0 bridgehead atoms. The minimum absolute atomic E-state index is 0.109. The van der Waals surface area contributed by atoms with Crippen LogP contribution in [-0.2, 0) is 26.0 Å². The smallest absolute Gasteiger partial charge is 0.417 e. The minimum atomic E-state index is -4.91. The first-order chi connectivity index (χ1) is 16.8. The number of alkyl halides is 6. The molecule has 0 radical (unpaired) electrons. The van der Waals surface area contributed by atoms with Gasteiger partial charge < -0.3 is 17.9 Å². The number of carbonyl (C=O) groups excluding carboxylic acids is 2. The van der Waals surface area contributed by atoms with Gasteiger partial charge in [-0.2, -0.15) is 26.3 Å². The SMILES string of the molecule is O=C(CO[PH](=O)OCC(=O)c1cc2ccoc2cc1C(F)(F)F)c1cc2ccoc2cc1C(F)(F)F. The Balaban J connectivity index is 1.43. The molecule has 0 amide bonds. The summed E-state index contributed by atoms with van der Waals surface area (Å²) in [5.74, 6) is -2.38. The zero-order valence-electron chi connectivity index (χ0n) is 17.7. The van der Waals surface area contributed by atoms with Gasteiger partial charge in [-0.05, 0) is 36.4 Å². The summed E-state index contributed by atoms with van der Waals surface area (Å²) in [7, 11) is -3.64. The summed E-state index contributed by atoms with van der Waals surface area (Å²) in [5.41, 5.74) is -4.37. The van der Waals surface area contributed by atoms with Crippen molar-refractivity contribution in [3.63, 3.8) is 0 Å². The third kappa shape index (κ3) is 5.38. The second kappa shape index (κ2) is 9.57. The van der Waals surface area contributed by atoms with Crippen LogP contribution in [0.1, 0.15) is 31.8 Å². The molecule has 36 heavy (non-hydrogen) atoms. The summed E-state index contributed by atoms with van der Waals surface area (Å²) in [4.78, 5) is 24.7. The molecule has 0 spiro atoms. The van der Waals surface area contributed by atoms with Gasteiger partial charge in [-0.25, -0.2) is 0 Å². The molecule has 2 aromatic carbocycles. The van der Waals surface area contributed by atoms with E-state index in [1.54, 1.807) is 0 Å². The maximum Gasteiger partial charge on any atom is 0.417 e. The number of benzene rings is 2. The molecular formula is C22H13F6O7P. The minimum Gasteiger partial charge on any atom is -0.464 e. The van der Waals surface area contributed by atoms with Gasteiger partial charge in [0.2, 0.25) is 0 Å². The maximum atomic E-state index is 13.4. The first-order valence-electron chi connectivity index (χ1n) is 9.87. The molecule has 0 aliphatic rings. The molecule has 14 heteroatoms. The number of furan rings is 2. The summed E-state index contributed by atoms with van der Waals surface area (Å²) >= 11 is 0. The van der Waals surface area contributed by atoms with E-state index >= 15 is 0 Å². The van der Waals surface area contributed by atoms with Gasteiger partial charge in [0.25, 0.3) is 0 Å². The second-order valence-electron chi connectivity index (χ2n) is 7.38. The zero-order chi connectivity index (χ0) is 26.3. The van der Waals surface area contributed by atoms with Crippen LogP contribution in [0.5, 0.6) is 0 Å². The summed E-state index contributed by atoms with van der Waals surface area (Å²) < 4.78 is 111. The van der Waals surface area contributed by atoms with Crippen molar-refractivity contribution in [3.05, 3.63) is 71.2 Å². The van der Waals surface area contributed by atoms with Gasteiger partial charge in [0.05, 0.1) is 23.7 Å². The van der Waals surface area contributed by atoms with Gasteiger partial charge in [0.1, 0.15) is 24.4 Å². The lowest BCUT2D eigenvalue weighted by atomic mass is 10.0. The van der Waals surface area contributed by atoms with Crippen molar-refractivity contribution in [2.75, 3.05) is 13.2 Å². The van der Waals surface area contributed by atoms with Crippen LogP contribution in [0.4, 0.5) is 26.3 Å². The fraction of sp³-hybridized carbons (Fsp3) is 0.182. The first-order valence-corrected chi connectivity index (χ1v) is 11.1. The number of carbonyl (C=O) groups is 2.